The van der Waals surface area contributed by atoms with Crippen molar-refractivity contribution in [3.63, 3.8) is 0 Å². The Hall–Kier alpha value is -3.35. The first-order valence-electron chi connectivity index (χ1n) is 11.3. The van der Waals surface area contributed by atoms with Crippen molar-refractivity contribution in [2.45, 2.75) is 57.5 Å². The van der Waals surface area contributed by atoms with Crippen LogP contribution >= 0.6 is 0 Å². The minimum absolute atomic E-state index is 0.0877. The van der Waals surface area contributed by atoms with Crippen molar-refractivity contribution in [3.05, 3.63) is 59.7 Å². The zero-order valence-corrected chi connectivity index (χ0v) is 19.2. The van der Waals surface area contributed by atoms with Crippen LogP contribution in [0.2, 0.25) is 0 Å². The molecule has 174 valence electrons. The first kappa shape index (κ1) is 22.8. The molecule has 0 aromatic heterocycles. The van der Waals surface area contributed by atoms with E-state index in [0.29, 0.717) is 12.8 Å². The van der Waals surface area contributed by atoms with Crippen LogP contribution in [0.1, 0.15) is 57.1 Å². The lowest BCUT2D eigenvalue weighted by molar-refractivity contribution is -0.152. The maximum absolute atomic E-state index is 13.0. The second kappa shape index (κ2) is 8.54. The van der Waals surface area contributed by atoms with Crippen LogP contribution in [-0.4, -0.2) is 41.3 Å². The average molecular weight is 451 g/mol. The summed E-state index contributed by atoms with van der Waals surface area (Å²) in [5.41, 5.74) is 2.58. The molecule has 3 N–H and O–H groups in total. The predicted molar refractivity (Wildman–Crippen MR) is 124 cm³/mol. The Bertz CT molecular complexity index is 1040. The van der Waals surface area contributed by atoms with E-state index in [1.54, 1.807) is 0 Å². The number of benzene rings is 2. The number of hydrogen-bond acceptors (Lipinski definition) is 4. The van der Waals surface area contributed by atoms with Crippen LogP contribution < -0.4 is 10.6 Å². The van der Waals surface area contributed by atoms with Crippen LogP contribution in [0.25, 0.3) is 11.1 Å². The number of carboxylic acid groups (broad SMARTS) is 1. The van der Waals surface area contributed by atoms with Gasteiger partial charge in [-0.05, 0) is 46.9 Å². The van der Waals surface area contributed by atoms with Crippen LogP contribution in [0.15, 0.2) is 48.5 Å². The van der Waals surface area contributed by atoms with Gasteiger partial charge in [0.15, 0.2) is 0 Å². The molecule has 2 aromatic carbocycles. The molecule has 0 spiro atoms. The van der Waals surface area contributed by atoms with Gasteiger partial charge in [-0.25, -0.2) is 9.59 Å². The molecule has 2 aliphatic carbocycles. The van der Waals surface area contributed by atoms with Gasteiger partial charge in [0, 0.05) is 5.92 Å². The average Bonchev–Trinajstić information content (AvgIpc) is 3.05. The Balaban J connectivity index is 1.45. The monoisotopic (exact) mass is 450 g/mol. The normalized spacial score (nSPS) is 17.2. The van der Waals surface area contributed by atoms with Gasteiger partial charge in [-0.3, -0.25) is 4.79 Å². The zero-order valence-electron chi connectivity index (χ0n) is 19.2. The molecule has 0 heterocycles. The molecule has 1 saturated carbocycles. The Morgan fingerprint density at radius 2 is 1.58 bits per heavy atom. The van der Waals surface area contributed by atoms with Crippen molar-refractivity contribution in [1.82, 2.24) is 10.6 Å². The van der Waals surface area contributed by atoms with E-state index in [-0.39, 0.29) is 12.5 Å². The molecule has 0 radical (unpaired) electrons. The minimum Gasteiger partial charge on any atom is -0.480 e. The van der Waals surface area contributed by atoms with E-state index in [2.05, 4.69) is 22.8 Å². The number of nitrogens with one attached hydrogen (secondary N) is 2. The van der Waals surface area contributed by atoms with Gasteiger partial charge in [-0.15, -0.1) is 0 Å². The van der Waals surface area contributed by atoms with Gasteiger partial charge in [-0.2, -0.15) is 0 Å². The van der Waals surface area contributed by atoms with Crippen molar-refractivity contribution in [1.29, 1.82) is 0 Å². The van der Waals surface area contributed by atoms with Crippen molar-refractivity contribution in [3.8, 4) is 11.1 Å². The van der Waals surface area contributed by atoms with E-state index in [1.807, 2.05) is 57.2 Å². The smallest absolute Gasteiger partial charge is 0.407 e. The second-order valence-electron chi connectivity index (χ2n) is 10.00. The van der Waals surface area contributed by atoms with Gasteiger partial charge in [0.25, 0.3) is 0 Å². The second-order valence-corrected chi connectivity index (χ2v) is 10.00. The van der Waals surface area contributed by atoms with Gasteiger partial charge >= 0.3 is 12.1 Å². The molecule has 0 aliphatic heterocycles. The Kier molecular flexibility index (Phi) is 5.91. The summed E-state index contributed by atoms with van der Waals surface area (Å²) in [5.74, 6) is -1.65. The van der Waals surface area contributed by atoms with Crippen LogP contribution in [0, 0.1) is 5.41 Å². The van der Waals surface area contributed by atoms with Crippen LogP contribution in [0.4, 0.5) is 4.79 Å². The first-order valence-corrected chi connectivity index (χ1v) is 11.3. The fourth-order valence-corrected chi connectivity index (χ4v) is 4.66. The SMILES string of the molecule is CC(C)(C)C(NC(=O)OCC1c2ccccc2-c2ccccc21)C(=O)NC1(C(=O)O)CCC1. The molecule has 7 nitrogen and oxygen atoms in total. The first-order chi connectivity index (χ1) is 15.6. The number of ether oxygens (including phenoxy) is 1. The Labute approximate surface area is 193 Å². The number of carboxylic acids is 1. The maximum atomic E-state index is 13.0. The molecule has 2 aromatic rings. The van der Waals surface area contributed by atoms with E-state index in [9.17, 15) is 19.5 Å². The van der Waals surface area contributed by atoms with E-state index >= 15 is 0 Å². The van der Waals surface area contributed by atoms with Crippen LogP contribution in [0.5, 0.6) is 0 Å². The zero-order chi connectivity index (χ0) is 23.8. The quantitative estimate of drug-likeness (QED) is 0.616. The maximum Gasteiger partial charge on any atom is 0.407 e. The summed E-state index contributed by atoms with van der Waals surface area (Å²) in [7, 11) is 0. The van der Waals surface area contributed by atoms with Gasteiger partial charge < -0.3 is 20.5 Å². The van der Waals surface area contributed by atoms with Gasteiger partial charge in [0.2, 0.25) is 5.91 Å². The number of fused-ring (bicyclic) bond motifs is 3. The van der Waals surface area contributed by atoms with E-state index in [4.69, 9.17) is 4.74 Å². The molecule has 4 rings (SSSR count). The molecular weight excluding hydrogens is 420 g/mol. The summed E-state index contributed by atoms with van der Waals surface area (Å²) in [6.07, 6.45) is 0.808. The third-order valence-corrected chi connectivity index (χ3v) is 6.71. The standard InChI is InChI=1S/C26H30N2O5/c1-25(2,3)21(22(29)28-26(23(30)31)13-8-14-26)27-24(32)33-15-20-18-11-6-4-9-16(18)17-10-5-7-12-19(17)20/h4-7,9-12,20-21H,8,13-15H2,1-3H3,(H,27,32)(H,28,29)(H,30,31). The lowest BCUT2D eigenvalue weighted by atomic mass is 9.76. The third-order valence-electron chi connectivity index (χ3n) is 6.71. The number of aliphatic carboxylic acids is 1. The number of alkyl carbamates (subject to hydrolysis) is 1. The van der Waals surface area contributed by atoms with Gasteiger partial charge in [0.1, 0.15) is 18.2 Å². The largest absolute Gasteiger partial charge is 0.480 e. The molecule has 0 bridgehead atoms. The molecule has 1 unspecified atom stereocenters. The number of carbonyl (C=O) groups excluding carboxylic acids is 2. The topological polar surface area (TPSA) is 105 Å². The fourth-order valence-electron chi connectivity index (χ4n) is 4.66. The summed E-state index contributed by atoms with van der Waals surface area (Å²) < 4.78 is 5.59. The van der Waals surface area contributed by atoms with E-state index in [1.165, 1.54) is 0 Å². The molecular formula is C26H30N2O5. The summed E-state index contributed by atoms with van der Waals surface area (Å²) in [4.78, 5) is 37.4. The van der Waals surface area contributed by atoms with Crippen molar-refractivity contribution < 1.29 is 24.2 Å². The van der Waals surface area contributed by atoms with Crippen LogP contribution in [-0.2, 0) is 14.3 Å². The molecule has 1 atom stereocenters. The Morgan fingerprint density at radius 3 is 2.03 bits per heavy atom. The molecule has 33 heavy (non-hydrogen) atoms. The molecule has 7 heteroatoms. The van der Waals surface area contributed by atoms with Gasteiger partial charge in [0.05, 0.1) is 0 Å². The third kappa shape index (κ3) is 4.32. The van der Waals surface area contributed by atoms with E-state index in [0.717, 1.165) is 28.7 Å². The fraction of sp³-hybridized carbons (Fsp3) is 0.423. The Morgan fingerprint density at radius 1 is 1.03 bits per heavy atom. The molecule has 2 amide bonds. The van der Waals surface area contributed by atoms with Crippen molar-refractivity contribution in [2.75, 3.05) is 6.61 Å². The van der Waals surface area contributed by atoms with E-state index < -0.39 is 35.0 Å². The summed E-state index contributed by atoms with van der Waals surface area (Å²) in [6, 6.07) is 15.2. The summed E-state index contributed by atoms with van der Waals surface area (Å²) in [5, 5.41) is 14.9. The highest BCUT2D eigenvalue weighted by atomic mass is 16.5. The van der Waals surface area contributed by atoms with Crippen LogP contribution in [0.3, 0.4) is 0 Å². The highest BCUT2D eigenvalue weighted by molar-refractivity contribution is 5.92. The number of hydrogen-bond donors (Lipinski definition) is 3. The lowest BCUT2D eigenvalue weighted by Gasteiger charge is -2.40. The predicted octanol–water partition coefficient (Wildman–Crippen LogP) is 4.06. The highest BCUT2D eigenvalue weighted by Crippen LogP contribution is 2.44. The molecule has 0 saturated heterocycles. The summed E-state index contributed by atoms with van der Waals surface area (Å²) >= 11 is 0. The highest BCUT2D eigenvalue weighted by Gasteiger charge is 2.48. The van der Waals surface area contributed by atoms with Gasteiger partial charge in [-0.1, -0.05) is 69.3 Å². The minimum atomic E-state index is -1.25. The van der Waals surface area contributed by atoms with Crippen molar-refractivity contribution in [2.24, 2.45) is 5.41 Å². The number of amides is 2. The number of carbonyl (C=O) groups is 3. The lowest BCUT2D eigenvalue weighted by Crippen LogP contribution is -2.64. The number of rotatable bonds is 6. The molecule has 2 aliphatic rings. The van der Waals surface area contributed by atoms with Crippen molar-refractivity contribution >= 4 is 18.0 Å². The molecule has 1 fully saturated rings. The summed E-state index contributed by atoms with van der Waals surface area (Å²) in [6.45, 7) is 5.58.